The molecule has 0 radical (unpaired) electrons. The standard InChI is InChI=1S/C16H21N2O3S.BrH/c1-5-21-15(19)10-17(2)16-18(3)14(11-22-16)12-6-8-13(20-4)9-7-12;/h6-9,11H,5,10H2,1-4H3;1H/q+1;/p-1. The van der Waals surface area contributed by atoms with E-state index in [9.17, 15) is 4.79 Å². The Morgan fingerprint density at radius 2 is 1.96 bits per heavy atom. The van der Waals surface area contributed by atoms with E-state index in [0.717, 1.165) is 22.1 Å². The fraction of sp³-hybridized carbons (Fsp3) is 0.375. The molecule has 1 aromatic heterocycles. The first-order valence-corrected chi connectivity index (χ1v) is 7.93. The highest BCUT2D eigenvalue weighted by atomic mass is 79.9. The number of thiazole rings is 1. The first-order chi connectivity index (χ1) is 10.6. The fourth-order valence-electron chi connectivity index (χ4n) is 2.21. The minimum atomic E-state index is -0.218. The van der Waals surface area contributed by atoms with E-state index in [4.69, 9.17) is 9.47 Å². The number of likely N-dealkylation sites (N-methyl/N-ethyl adjacent to an activating group) is 1. The molecule has 1 aromatic carbocycles. The molecule has 0 amide bonds. The number of ether oxygens (including phenoxy) is 2. The van der Waals surface area contributed by atoms with Gasteiger partial charge in [-0.1, -0.05) is 11.3 Å². The molecule has 0 bridgehead atoms. The van der Waals surface area contributed by atoms with E-state index in [1.54, 1.807) is 18.4 Å². The summed E-state index contributed by atoms with van der Waals surface area (Å²) in [7, 11) is 5.54. The Morgan fingerprint density at radius 1 is 1.30 bits per heavy atom. The summed E-state index contributed by atoms with van der Waals surface area (Å²) in [6, 6.07) is 7.93. The smallest absolute Gasteiger partial charge is 0.348 e. The molecule has 0 aliphatic heterocycles. The van der Waals surface area contributed by atoms with Gasteiger partial charge in [0, 0.05) is 10.9 Å². The third-order valence-corrected chi connectivity index (χ3v) is 4.45. The number of carbonyl (C=O) groups is 1. The first kappa shape index (κ1) is 19.4. The van der Waals surface area contributed by atoms with Gasteiger partial charge in [0.25, 0.3) is 0 Å². The summed E-state index contributed by atoms with van der Waals surface area (Å²) < 4.78 is 12.2. The molecule has 0 fully saturated rings. The summed E-state index contributed by atoms with van der Waals surface area (Å²) in [6.45, 7) is 2.45. The van der Waals surface area contributed by atoms with Crippen LogP contribution in [0.1, 0.15) is 6.92 Å². The van der Waals surface area contributed by atoms with Gasteiger partial charge in [0.1, 0.15) is 11.4 Å². The van der Waals surface area contributed by atoms with Gasteiger partial charge in [-0.25, -0.2) is 14.3 Å². The van der Waals surface area contributed by atoms with Crippen LogP contribution in [-0.2, 0) is 16.6 Å². The van der Waals surface area contributed by atoms with Crippen LogP contribution in [0.15, 0.2) is 29.6 Å². The summed E-state index contributed by atoms with van der Waals surface area (Å²) in [5.41, 5.74) is 2.20. The summed E-state index contributed by atoms with van der Waals surface area (Å²) in [5.74, 6) is 0.616. The number of carbonyl (C=O) groups excluding carboxylic acids is 1. The zero-order chi connectivity index (χ0) is 16.1. The zero-order valence-corrected chi connectivity index (χ0v) is 16.1. The van der Waals surface area contributed by atoms with Gasteiger partial charge in [0.15, 0.2) is 6.54 Å². The molecular weight excluding hydrogens is 380 g/mol. The highest BCUT2D eigenvalue weighted by Crippen LogP contribution is 2.25. The lowest BCUT2D eigenvalue weighted by molar-refractivity contribution is -0.643. The number of benzene rings is 1. The van der Waals surface area contributed by atoms with E-state index in [2.05, 4.69) is 9.95 Å². The van der Waals surface area contributed by atoms with Crippen LogP contribution < -0.4 is 31.2 Å². The quantitative estimate of drug-likeness (QED) is 0.472. The van der Waals surface area contributed by atoms with Crippen LogP contribution in [-0.4, -0.2) is 33.3 Å². The average Bonchev–Trinajstić information content (AvgIpc) is 2.89. The number of hydrogen-bond donors (Lipinski definition) is 0. The molecule has 7 heteroatoms. The Kier molecular flexibility index (Phi) is 7.51. The second-order valence-corrected chi connectivity index (χ2v) is 5.69. The Balaban J connectivity index is 0.00000264. The summed E-state index contributed by atoms with van der Waals surface area (Å²) in [5, 5.41) is 3.08. The average molecular weight is 401 g/mol. The van der Waals surface area contributed by atoms with Crippen molar-refractivity contribution in [3.05, 3.63) is 29.6 Å². The summed E-state index contributed by atoms with van der Waals surface area (Å²) in [4.78, 5) is 13.5. The number of esters is 1. The van der Waals surface area contributed by atoms with E-state index in [1.165, 1.54) is 0 Å². The number of anilines is 1. The van der Waals surface area contributed by atoms with Crippen LogP contribution in [0.3, 0.4) is 0 Å². The molecule has 5 nitrogen and oxygen atoms in total. The molecule has 0 unspecified atom stereocenters. The molecule has 2 rings (SSSR count). The molecule has 0 atom stereocenters. The minimum absolute atomic E-state index is 0. The number of hydrogen-bond acceptors (Lipinski definition) is 5. The predicted octanol–water partition coefficient (Wildman–Crippen LogP) is -0.748. The maximum Gasteiger partial charge on any atom is 0.348 e. The van der Waals surface area contributed by atoms with Gasteiger partial charge in [-0.2, -0.15) is 0 Å². The Hall–Kier alpha value is -1.60. The molecule has 23 heavy (non-hydrogen) atoms. The lowest BCUT2D eigenvalue weighted by Gasteiger charge is -2.10. The number of nitrogens with zero attached hydrogens (tertiary/aromatic N) is 2. The molecule has 2 aromatic rings. The molecule has 0 spiro atoms. The molecule has 0 aliphatic rings. The highest BCUT2D eigenvalue weighted by Gasteiger charge is 2.22. The second-order valence-electron chi connectivity index (χ2n) is 4.85. The lowest BCUT2D eigenvalue weighted by Crippen LogP contribution is -3.00. The molecular formula is C16H21BrN2O3S. The topological polar surface area (TPSA) is 42.6 Å². The van der Waals surface area contributed by atoms with Gasteiger partial charge in [-0.3, -0.25) is 0 Å². The molecule has 0 saturated carbocycles. The van der Waals surface area contributed by atoms with Gasteiger partial charge < -0.3 is 26.5 Å². The van der Waals surface area contributed by atoms with Crippen LogP contribution in [0.25, 0.3) is 11.3 Å². The summed E-state index contributed by atoms with van der Waals surface area (Å²) in [6.07, 6.45) is 0. The molecule has 1 heterocycles. The zero-order valence-electron chi connectivity index (χ0n) is 13.7. The van der Waals surface area contributed by atoms with E-state index < -0.39 is 0 Å². The largest absolute Gasteiger partial charge is 1.00 e. The monoisotopic (exact) mass is 400 g/mol. The third kappa shape index (κ3) is 4.68. The van der Waals surface area contributed by atoms with Crippen LogP contribution in [0, 0.1) is 0 Å². The number of rotatable bonds is 6. The van der Waals surface area contributed by atoms with Crippen LogP contribution in [0.4, 0.5) is 5.13 Å². The van der Waals surface area contributed by atoms with Crippen molar-refractivity contribution in [2.45, 2.75) is 6.92 Å². The molecule has 0 N–H and O–H groups in total. The Morgan fingerprint density at radius 3 is 2.52 bits per heavy atom. The molecule has 126 valence electrons. The van der Waals surface area contributed by atoms with Crippen molar-refractivity contribution in [3.8, 4) is 17.0 Å². The van der Waals surface area contributed by atoms with Gasteiger partial charge in [-0.15, -0.1) is 0 Å². The fourth-order valence-corrected chi connectivity index (χ4v) is 3.22. The minimum Gasteiger partial charge on any atom is -1.00 e. The van der Waals surface area contributed by atoms with E-state index in [-0.39, 0.29) is 29.5 Å². The Labute approximate surface area is 151 Å². The predicted molar refractivity (Wildman–Crippen MR) is 87.4 cm³/mol. The van der Waals surface area contributed by atoms with Gasteiger partial charge in [0.2, 0.25) is 0 Å². The maximum absolute atomic E-state index is 11.6. The van der Waals surface area contributed by atoms with Crippen LogP contribution in [0.2, 0.25) is 0 Å². The van der Waals surface area contributed by atoms with Crippen LogP contribution in [0.5, 0.6) is 5.75 Å². The van der Waals surface area contributed by atoms with E-state index in [0.29, 0.717) is 6.61 Å². The maximum atomic E-state index is 11.6. The van der Waals surface area contributed by atoms with Crippen molar-refractivity contribution in [3.63, 3.8) is 0 Å². The first-order valence-electron chi connectivity index (χ1n) is 7.05. The van der Waals surface area contributed by atoms with E-state index in [1.807, 2.05) is 50.2 Å². The lowest BCUT2D eigenvalue weighted by atomic mass is 10.1. The normalized spacial score (nSPS) is 9.91. The van der Waals surface area contributed by atoms with Crippen molar-refractivity contribution in [1.29, 1.82) is 0 Å². The number of methoxy groups -OCH3 is 1. The van der Waals surface area contributed by atoms with Gasteiger partial charge in [0.05, 0.1) is 27.8 Å². The molecule has 0 aliphatic carbocycles. The van der Waals surface area contributed by atoms with Crippen molar-refractivity contribution in [2.24, 2.45) is 7.05 Å². The van der Waals surface area contributed by atoms with Gasteiger partial charge in [-0.05, 0) is 31.2 Å². The van der Waals surface area contributed by atoms with Gasteiger partial charge >= 0.3 is 11.1 Å². The van der Waals surface area contributed by atoms with Crippen molar-refractivity contribution in [1.82, 2.24) is 0 Å². The highest BCUT2D eigenvalue weighted by molar-refractivity contribution is 7.13. The van der Waals surface area contributed by atoms with E-state index >= 15 is 0 Å². The van der Waals surface area contributed by atoms with Crippen molar-refractivity contribution >= 4 is 22.4 Å². The number of aromatic nitrogens is 1. The SMILES string of the molecule is CCOC(=O)CN(C)c1scc(-c2ccc(OC)cc2)[n+]1C.[Br-]. The number of halogens is 1. The second kappa shape index (κ2) is 8.88. The summed E-state index contributed by atoms with van der Waals surface area (Å²) >= 11 is 1.60. The third-order valence-electron chi connectivity index (χ3n) is 3.31. The van der Waals surface area contributed by atoms with Crippen molar-refractivity contribution < 1.29 is 35.8 Å². The Bertz CT molecular complexity index is 643. The molecule has 0 saturated heterocycles. The van der Waals surface area contributed by atoms with Crippen LogP contribution >= 0.6 is 11.3 Å². The van der Waals surface area contributed by atoms with Crippen molar-refractivity contribution in [2.75, 3.05) is 32.2 Å².